The molecule has 1 aromatic rings. The first-order valence-corrected chi connectivity index (χ1v) is 6.36. The first-order valence-electron chi connectivity index (χ1n) is 6.36. The quantitative estimate of drug-likeness (QED) is 0.785. The van der Waals surface area contributed by atoms with Crippen LogP contribution in [0.1, 0.15) is 53.2 Å². The highest BCUT2D eigenvalue weighted by Crippen LogP contribution is 2.14. The molecule has 0 atom stereocenters. The number of carbonyl (C=O) groups is 2. The first kappa shape index (κ1) is 15.9. The maximum Gasteiger partial charge on any atom is 0.343 e. The number of rotatable bonds is 4. The fourth-order valence-corrected chi connectivity index (χ4v) is 2.02. The molecule has 0 aromatic carbocycles. The Morgan fingerprint density at radius 2 is 1.85 bits per heavy atom. The molecule has 0 amide bonds. The zero-order chi connectivity index (χ0) is 15.4. The van der Waals surface area contributed by atoms with E-state index in [2.05, 4.69) is 4.74 Å². The molecular formula is C14H19NO5. The number of esters is 2. The Hall–Kier alpha value is -2.11. The Bertz CT molecular complexity index is 586. The van der Waals surface area contributed by atoms with Crippen LogP contribution in [-0.2, 0) is 9.47 Å². The van der Waals surface area contributed by atoms with Gasteiger partial charge in [-0.1, -0.05) is 0 Å². The lowest BCUT2D eigenvalue weighted by Gasteiger charge is -2.17. The SMILES string of the molecule is CCOC(=O)c1cc(C(=O)OC)c(C)n(C(C)C)c1=O. The van der Waals surface area contributed by atoms with E-state index in [1.807, 2.05) is 0 Å². The third-order valence-corrected chi connectivity index (χ3v) is 2.91. The minimum Gasteiger partial charge on any atom is -0.465 e. The molecule has 6 heteroatoms. The van der Waals surface area contributed by atoms with E-state index in [0.717, 1.165) is 0 Å². The minimum absolute atomic E-state index is 0.154. The number of hydrogen-bond donors (Lipinski definition) is 0. The molecule has 0 unspecified atom stereocenters. The molecule has 0 bridgehead atoms. The molecule has 0 fully saturated rings. The van der Waals surface area contributed by atoms with Crippen LogP contribution in [0.25, 0.3) is 0 Å². The molecule has 1 rings (SSSR count). The summed E-state index contributed by atoms with van der Waals surface area (Å²) in [7, 11) is 1.25. The van der Waals surface area contributed by atoms with Gasteiger partial charge in [-0.15, -0.1) is 0 Å². The Morgan fingerprint density at radius 3 is 2.30 bits per heavy atom. The van der Waals surface area contributed by atoms with Gasteiger partial charge in [0, 0.05) is 11.7 Å². The lowest BCUT2D eigenvalue weighted by molar-refractivity contribution is 0.0523. The van der Waals surface area contributed by atoms with E-state index in [4.69, 9.17) is 4.74 Å². The number of ether oxygens (including phenoxy) is 2. The van der Waals surface area contributed by atoms with Crippen LogP contribution in [0.4, 0.5) is 0 Å². The Balaban J connectivity index is 3.62. The van der Waals surface area contributed by atoms with Gasteiger partial charge in [0.2, 0.25) is 0 Å². The average Bonchev–Trinajstić information content (AvgIpc) is 2.38. The van der Waals surface area contributed by atoms with E-state index < -0.39 is 17.5 Å². The molecule has 20 heavy (non-hydrogen) atoms. The van der Waals surface area contributed by atoms with Crippen molar-refractivity contribution in [3.05, 3.63) is 33.2 Å². The van der Waals surface area contributed by atoms with Gasteiger partial charge in [-0.3, -0.25) is 4.79 Å². The molecule has 1 aromatic heterocycles. The first-order chi connectivity index (χ1) is 9.34. The van der Waals surface area contributed by atoms with Gasteiger partial charge in [-0.25, -0.2) is 9.59 Å². The van der Waals surface area contributed by atoms with Crippen molar-refractivity contribution in [2.45, 2.75) is 33.7 Å². The van der Waals surface area contributed by atoms with Crippen LogP contribution < -0.4 is 5.56 Å². The largest absolute Gasteiger partial charge is 0.465 e. The highest BCUT2D eigenvalue weighted by Gasteiger charge is 2.22. The third kappa shape index (κ3) is 2.89. The van der Waals surface area contributed by atoms with Crippen molar-refractivity contribution in [3.63, 3.8) is 0 Å². The average molecular weight is 281 g/mol. The number of nitrogens with zero attached hydrogens (tertiary/aromatic N) is 1. The maximum absolute atomic E-state index is 12.3. The van der Waals surface area contributed by atoms with Crippen molar-refractivity contribution in [1.82, 2.24) is 4.57 Å². The number of hydrogen-bond acceptors (Lipinski definition) is 5. The molecule has 110 valence electrons. The smallest absolute Gasteiger partial charge is 0.343 e. The van der Waals surface area contributed by atoms with Crippen LogP contribution in [0.2, 0.25) is 0 Å². The van der Waals surface area contributed by atoms with E-state index in [9.17, 15) is 14.4 Å². The highest BCUT2D eigenvalue weighted by atomic mass is 16.5. The Labute approximate surface area is 117 Å². The molecule has 0 aliphatic rings. The summed E-state index contributed by atoms with van der Waals surface area (Å²) in [6, 6.07) is 1.04. The third-order valence-electron chi connectivity index (χ3n) is 2.91. The molecule has 0 radical (unpaired) electrons. The van der Waals surface area contributed by atoms with Crippen LogP contribution in [0.5, 0.6) is 0 Å². The van der Waals surface area contributed by atoms with E-state index in [0.29, 0.717) is 5.69 Å². The molecule has 0 aliphatic heterocycles. The van der Waals surface area contributed by atoms with Gasteiger partial charge in [0.1, 0.15) is 5.56 Å². The van der Waals surface area contributed by atoms with Crippen molar-refractivity contribution in [1.29, 1.82) is 0 Å². The number of aromatic nitrogens is 1. The van der Waals surface area contributed by atoms with Gasteiger partial charge in [0.15, 0.2) is 0 Å². The van der Waals surface area contributed by atoms with E-state index in [-0.39, 0.29) is 23.8 Å². The van der Waals surface area contributed by atoms with Crippen molar-refractivity contribution in [2.75, 3.05) is 13.7 Å². The lowest BCUT2D eigenvalue weighted by atomic mass is 10.1. The summed E-state index contributed by atoms with van der Waals surface area (Å²) in [6.07, 6.45) is 0. The van der Waals surface area contributed by atoms with Crippen LogP contribution in [0.15, 0.2) is 10.9 Å². The second-order valence-corrected chi connectivity index (χ2v) is 4.54. The van der Waals surface area contributed by atoms with Crippen molar-refractivity contribution in [3.8, 4) is 0 Å². The maximum atomic E-state index is 12.3. The summed E-state index contributed by atoms with van der Waals surface area (Å²) in [6.45, 7) is 7.03. The fourth-order valence-electron chi connectivity index (χ4n) is 2.02. The predicted octanol–water partition coefficient (Wildman–Crippen LogP) is 1.70. The van der Waals surface area contributed by atoms with E-state index in [1.165, 1.54) is 17.7 Å². The summed E-state index contributed by atoms with van der Waals surface area (Å²) >= 11 is 0. The van der Waals surface area contributed by atoms with Crippen LogP contribution in [0.3, 0.4) is 0 Å². The van der Waals surface area contributed by atoms with Crippen molar-refractivity contribution >= 4 is 11.9 Å². The van der Waals surface area contributed by atoms with Gasteiger partial charge in [0.25, 0.3) is 5.56 Å². The second kappa shape index (κ2) is 6.36. The monoisotopic (exact) mass is 281 g/mol. The topological polar surface area (TPSA) is 74.6 Å². The molecule has 0 aliphatic carbocycles. The fraction of sp³-hybridized carbons (Fsp3) is 0.500. The van der Waals surface area contributed by atoms with Gasteiger partial charge < -0.3 is 14.0 Å². The van der Waals surface area contributed by atoms with Gasteiger partial charge >= 0.3 is 11.9 Å². The Morgan fingerprint density at radius 1 is 1.25 bits per heavy atom. The van der Waals surface area contributed by atoms with Gasteiger partial charge in [-0.05, 0) is 33.8 Å². The molecule has 6 nitrogen and oxygen atoms in total. The summed E-state index contributed by atoms with van der Waals surface area (Å²) in [5.74, 6) is -1.33. The minimum atomic E-state index is -0.739. The predicted molar refractivity (Wildman–Crippen MR) is 73.1 cm³/mol. The van der Waals surface area contributed by atoms with Gasteiger partial charge in [-0.2, -0.15) is 0 Å². The molecule has 0 spiro atoms. The van der Waals surface area contributed by atoms with E-state index in [1.54, 1.807) is 27.7 Å². The standard InChI is InChI=1S/C14H19NO5/c1-6-20-14(18)11-7-10(13(17)19-5)9(4)15(8(2)3)12(11)16/h7-8H,6H2,1-5H3. The van der Waals surface area contributed by atoms with Crippen LogP contribution >= 0.6 is 0 Å². The lowest BCUT2D eigenvalue weighted by Crippen LogP contribution is -2.32. The molecule has 0 saturated carbocycles. The van der Waals surface area contributed by atoms with Crippen molar-refractivity contribution in [2.24, 2.45) is 0 Å². The number of pyridine rings is 1. The zero-order valence-electron chi connectivity index (χ0n) is 12.4. The van der Waals surface area contributed by atoms with Crippen molar-refractivity contribution < 1.29 is 19.1 Å². The molecule has 0 saturated heterocycles. The summed E-state index contributed by atoms with van der Waals surface area (Å²) in [5, 5.41) is 0. The zero-order valence-corrected chi connectivity index (χ0v) is 12.4. The van der Waals surface area contributed by atoms with E-state index >= 15 is 0 Å². The second-order valence-electron chi connectivity index (χ2n) is 4.54. The summed E-state index contributed by atoms with van der Waals surface area (Å²) in [5.41, 5.74) is 0.0175. The van der Waals surface area contributed by atoms with Gasteiger partial charge in [0.05, 0.1) is 19.3 Å². The molecular weight excluding hydrogens is 262 g/mol. The highest BCUT2D eigenvalue weighted by molar-refractivity contribution is 5.95. The number of methoxy groups -OCH3 is 1. The Kier molecular flexibility index (Phi) is 5.07. The summed E-state index contributed by atoms with van der Waals surface area (Å²) in [4.78, 5) is 35.9. The van der Waals surface area contributed by atoms with Crippen LogP contribution in [0, 0.1) is 6.92 Å². The molecule has 1 heterocycles. The molecule has 0 N–H and O–H groups in total. The summed E-state index contributed by atoms with van der Waals surface area (Å²) < 4.78 is 10.9. The number of carbonyl (C=O) groups excluding carboxylic acids is 2. The normalized spacial score (nSPS) is 10.5. The van der Waals surface area contributed by atoms with Crippen LogP contribution in [-0.4, -0.2) is 30.2 Å².